The molecule has 7 heteroatoms. The molecule has 4 rings (SSSR count). The van der Waals surface area contributed by atoms with Gasteiger partial charge in [-0.05, 0) is 37.1 Å². The van der Waals surface area contributed by atoms with E-state index in [1.165, 1.54) is 16.8 Å². The third kappa shape index (κ3) is 4.45. The average molecular weight is 394 g/mol. The van der Waals surface area contributed by atoms with Crippen molar-refractivity contribution in [3.8, 4) is 0 Å². The number of anilines is 1. The number of nitrogens with zero attached hydrogens (tertiary/aromatic N) is 4. The van der Waals surface area contributed by atoms with Gasteiger partial charge in [0.05, 0.1) is 5.69 Å². The normalized spacial score (nSPS) is 21.9. The van der Waals surface area contributed by atoms with Gasteiger partial charge in [-0.15, -0.1) is 12.4 Å². The van der Waals surface area contributed by atoms with Crippen molar-refractivity contribution in [2.45, 2.75) is 38.1 Å². The lowest BCUT2D eigenvalue weighted by molar-refractivity contribution is 0.177. The standard InChI is InChI=1S/C20H28FN5.ClH/c1-24(11-16-5-3-4-15-6-8-22-20(15)16)13-19-10-17(21)12-26(19)14-18-7-9-23-25(18)2;/h3-5,7,9,17,19,22H,6,8,10-14H2,1-2H3;1H/t17-,19-;/m0./s1. The second kappa shape index (κ2) is 8.59. The number of hydrogen-bond donors (Lipinski definition) is 1. The average Bonchev–Trinajstić information content (AvgIpc) is 3.30. The molecule has 0 unspecified atom stereocenters. The molecule has 1 aromatic carbocycles. The van der Waals surface area contributed by atoms with E-state index in [0.717, 1.165) is 38.3 Å². The molecule has 0 spiro atoms. The third-order valence-electron chi connectivity index (χ3n) is 5.66. The molecule has 1 saturated heterocycles. The van der Waals surface area contributed by atoms with Crippen LogP contribution in [0.2, 0.25) is 0 Å². The fourth-order valence-corrected chi connectivity index (χ4v) is 4.33. The number of halogens is 2. The van der Waals surface area contributed by atoms with Crippen LogP contribution in [-0.2, 0) is 26.6 Å². The van der Waals surface area contributed by atoms with E-state index in [1.807, 2.05) is 24.0 Å². The highest BCUT2D eigenvalue weighted by atomic mass is 35.5. The summed E-state index contributed by atoms with van der Waals surface area (Å²) in [4.78, 5) is 4.60. The SMILES string of the molecule is CN(Cc1cccc2c1NCC2)C[C@@H]1C[C@H](F)CN1Cc1ccnn1C.Cl. The number of hydrogen-bond acceptors (Lipinski definition) is 4. The number of likely N-dealkylation sites (tertiary alicyclic amines) is 1. The van der Waals surface area contributed by atoms with E-state index in [-0.39, 0.29) is 18.4 Å². The van der Waals surface area contributed by atoms with Crippen molar-refractivity contribution in [1.82, 2.24) is 19.6 Å². The topological polar surface area (TPSA) is 36.3 Å². The van der Waals surface area contributed by atoms with Crippen LogP contribution in [0, 0.1) is 0 Å². The highest BCUT2D eigenvalue weighted by Gasteiger charge is 2.33. The van der Waals surface area contributed by atoms with E-state index >= 15 is 0 Å². The van der Waals surface area contributed by atoms with Crippen LogP contribution in [0.1, 0.15) is 23.2 Å². The van der Waals surface area contributed by atoms with Gasteiger partial charge in [-0.3, -0.25) is 9.58 Å². The summed E-state index contributed by atoms with van der Waals surface area (Å²) in [6, 6.07) is 8.82. The van der Waals surface area contributed by atoms with Gasteiger partial charge in [0, 0.05) is 57.7 Å². The number of benzene rings is 1. The Morgan fingerprint density at radius 1 is 1.33 bits per heavy atom. The molecule has 0 saturated carbocycles. The van der Waals surface area contributed by atoms with Crippen molar-refractivity contribution in [2.75, 3.05) is 32.0 Å². The zero-order chi connectivity index (χ0) is 18.1. The molecule has 0 aliphatic carbocycles. The maximum atomic E-state index is 14.1. The molecule has 2 aliphatic heterocycles. The van der Waals surface area contributed by atoms with Gasteiger partial charge in [-0.2, -0.15) is 5.10 Å². The Balaban J connectivity index is 0.00000210. The summed E-state index contributed by atoms with van der Waals surface area (Å²) in [5.74, 6) is 0. The lowest BCUT2D eigenvalue weighted by Gasteiger charge is -2.28. The van der Waals surface area contributed by atoms with Crippen molar-refractivity contribution >= 4 is 18.1 Å². The monoisotopic (exact) mass is 393 g/mol. The molecule has 0 bridgehead atoms. The summed E-state index contributed by atoms with van der Waals surface area (Å²) in [5, 5.41) is 7.74. The summed E-state index contributed by atoms with van der Waals surface area (Å²) < 4.78 is 16.0. The van der Waals surface area contributed by atoms with Crippen LogP contribution in [-0.4, -0.2) is 58.5 Å². The number of rotatable bonds is 6. The van der Waals surface area contributed by atoms with E-state index in [0.29, 0.717) is 13.0 Å². The van der Waals surface area contributed by atoms with Crippen LogP contribution in [0.5, 0.6) is 0 Å². The predicted molar refractivity (Wildman–Crippen MR) is 109 cm³/mol. The molecule has 5 nitrogen and oxygen atoms in total. The molecule has 0 amide bonds. The number of fused-ring (bicyclic) bond motifs is 1. The van der Waals surface area contributed by atoms with Gasteiger partial charge in [0.2, 0.25) is 0 Å². The Hall–Kier alpha value is -1.63. The molecular weight excluding hydrogens is 365 g/mol. The largest absolute Gasteiger partial charge is 0.384 e. The molecule has 1 fully saturated rings. The van der Waals surface area contributed by atoms with Gasteiger partial charge < -0.3 is 10.2 Å². The maximum absolute atomic E-state index is 14.1. The molecule has 2 aromatic rings. The third-order valence-corrected chi connectivity index (χ3v) is 5.66. The Bertz CT molecular complexity index is 765. The van der Waals surface area contributed by atoms with E-state index in [9.17, 15) is 4.39 Å². The second-order valence-corrected chi connectivity index (χ2v) is 7.69. The Kier molecular flexibility index (Phi) is 6.40. The highest BCUT2D eigenvalue weighted by Crippen LogP contribution is 2.28. The van der Waals surface area contributed by atoms with Gasteiger partial charge in [0.25, 0.3) is 0 Å². The van der Waals surface area contributed by atoms with Crippen LogP contribution in [0.25, 0.3) is 0 Å². The number of aromatic nitrogens is 2. The van der Waals surface area contributed by atoms with Crippen molar-refractivity contribution in [3.63, 3.8) is 0 Å². The van der Waals surface area contributed by atoms with Crippen molar-refractivity contribution < 1.29 is 4.39 Å². The van der Waals surface area contributed by atoms with Gasteiger partial charge in [0.1, 0.15) is 6.17 Å². The van der Waals surface area contributed by atoms with E-state index in [2.05, 4.69) is 45.5 Å². The second-order valence-electron chi connectivity index (χ2n) is 7.69. The smallest absolute Gasteiger partial charge is 0.114 e. The lowest BCUT2D eigenvalue weighted by atomic mass is 10.1. The first kappa shape index (κ1) is 20.1. The molecule has 2 atom stereocenters. The van der Waals surface area contributed by atoms with Crippen molar-refractivity contribution in [3.05, 3.63) is 47.3 Å². The van der Waals surface area contributed by atoms with Gasteiger partial charge >= 0.3 is 0 Å². The zero-order valence-corrected chi connectivity index (χ0v) is 16.9. The highest BCUT2D eigenvalue weighted by molar-refractivity contribution is 5.85. The van der Waals surface area contributed by atoms with Crippen LogP contribution in [0.4, 0.5) is 10.1 Å². The Morgan fingerprint density at radius 3 is 2.96 bits per heavy atom. The van der Waals surface area contributed by atoms with Gasteiger partial charge in [-0.1, -0.05) is 18.2 Å². The Morgan fingerprint density at radius 2 is 2.19 bits per heavy atom. The van der Waals surface area contributed by atoms with Gasteiger partial charge in [0.15, 0.2) is 0 Å². The fraction of sp³-hybridized carbons (Fsp3) is 0.550. The molecule has 148 valence electrons. The molecule has 1 aromatic heterocycles. The minimum atomic E-state index is -0.732. The first-order chi connectivity index (χ1) is 12.6. The molecule has 27 heavy (non-hydrogen) atoms. The fourth-order valence-electron chi connectivity index (χ4n) is 4.33. The summed E-state index contributed by atoms with van der Waals surface area (Å²) in [7, 11) is 4.09. The van der Waals surface area contributed by atoms with Crippen LogP contribution < -0.4 is 5.32 Å². The maximum Gasteiger partial charge on any atom is 0.114 e. The first-order valence-electron chi connectivity index (χ1n) is 9.48. The minimum Gasteiger partial charge on any atom is -0.384 e. The summed E-state index contributed by atoms with van der Waals surface area (Å²) in [6.45, 7) is 4.08. The number of aryl methyl sites for hydroxylation is 1. The number of likely N-dealkylation sites (N-methyl/N-ethyl adjacent to an activating group) is 1. The zero-order valence-electron chi connectivity index (χ0n) is 16.1. The number of nitrogens with one attached hydrogen (secondary N) is 1. The number of para-hydroxylation sites is 1. The van der Waals surface area contributed by atoms with E-state index < -0.39 is 6.17 Å². The summed E-state index contributed by atoms with van der Waals surface area (Å²) in [6.07, 6.45) is 2.80. The summed E-state index contributed by atoms with van der Waals surface area (Å²) >= 11 is 0. The van der Waals surface area contributed by atoms with E-state index in [1.54, 1.807) is 0 Å². The quantitative estimate of drug-likeness (QED) is 0.818. The molecule has 2 aliphatic rings. The van der Waals surface area contributed by atoms with Crippen LogP contribution in [0.15, 0.2) is 30.5 Å². The predicted octanol–water partition coefficient (Wildman–Crippen LogP) is 2.85. The molecular formula is C20H29ClFN5. The van der Waals surface area contributed by atoms with Gasteiger partial charge in [-0.25, -0.2) is 4.39 Å². The lowest BCUT2D eigenvalue weighted by Crippen LogP contribution is -2.38. The summed E-state index contributed by atoms with van der Waals surface area (Å²) in [5.41, 5.74) is 5.20. The molecule has 0 radical (unpaired) electrons. The van der Waals surface area contributed by atoms with E-state index in [4.69, 9.17) is 0 Å². The van der Waals surface area contributed by atoms with Crippen LogP contribution >= 0.6 is 12.4 Å². The van der Waals surface area contributed by atoms with Crippen LogP contribution in [0.3, 0.4) is 0 Å². The Labute approximate surface area is 166 Å². The number of alkyl halides is 1. The minimum absolute atomic E-state index is 0. The van der Waals surface area contributed by atoms with Crippen molar-refractivity contribution in [2.24, 2.45) is 7.05 Å². The van der Waals surface area contributed by atoms with Crippen molar-refractivity contribution in [1.29, 1.82) is 0 Å². The molecule has 1 N–H and O–H groups in total. The molecule has 3 heterocycles. The first-order valence-corrected chi connectivity index (χ1v) is 9.48.